The molecule has 1 aliphatic heterocycles. The first-order valence-corrected chi connectivity index (χ1v) is 15.2. The molecule has 0 unspecified atom stereocenters. The maximum absolute atomic E-state index is 14.1. The van der Waals surface area contributed by atoms with Crippen molar-refractivity contribution in [2.45, 2.75) is 77.4 Å². The molecular weight excluding hydrogens is 535 g/mol. The largest absolute Gasteiger partial charge is 0.505 e. The Morgan fingerprint density at radius 3 is 2.52 bits per heavy atom. The Morgan fingerprint density at radius 1 is 1.12 bits per heavy atom. The molecule has 2 aromatic rings. The maximum atomic E-state index is 14.1. The van der Waals surface area contributed by atoms with E-state index < -0.39 is 35.4 Å². The zero-order chi connectivity index (χ0) is 30.0. The molecule has 42 heavy (non-hydrogen) atoms. The van der Waals surface area contributed by atoms with Crippen LogP contribution in [0.2, 0.25) is 0 Å². The summed E-state index contributed by atoms with van der Waals surface area (Å²) in [5, 5.41) is 32.0. The van der Waals surface area contributed by atoms with E-state index in [1.54, 1.807) is 24.4 Å². The van der Waals surface area contributed by atoms with Crippen molar-refractivity contribution in [1.29, 1.82) is 0 Å². The van der Waals surface area contributed by atoms with Crippen LogP contribution in [0.25, 0.3) is 11.6 Å². The van der Waals surface area contributed by atoms with Gasteiger partial charge in [-0.05, 0) is 85.1 Å². The number of hydrogen-bond acceptors (Lipinski definition) is 6. The fourth-order valence-electron chi connectivity index (χ4n) is 7.26. The highest BCUT2D eigenvalue weighted by Gasteiger charge is 2.56. The zero-order valence-corrected chi connectivity index (χ0v) is 24.4. The number of fused-ring (bicyclic) bond motifs is 1. The van der Waals surface area contributed by atoms with Gasteiger partial charge in [0.15, 0.2) is 11.6 Å². The molecule has 3 N–H and O–H groups in total. The van der Waals surface area contributed by atoms with Gasteiger partial charge in [-0.1, -0.05) is 50.8 Å². The standard InChI is InChI=1S/C34H41FN2O5/c1-20(2)24-18-25-32(34(42)37(33(25)41)23-8-4-3-5-9-23)26(19-38)31(24)30(40)14-12-22(28-10-6-7-15-36-28)16-21-11-13-29(39)27(35)17-21/h6-7,10-11,13,15-17,20,23,25-26,30,32,38-40H,3-5,8-9,12,14,18-19H2,1-2H3/b22-16-/t25-,26+,30-,32-/m1/s1. The Bertz CT molecular complexity index is 1370. The molecule has 224 valence electrons. The van der Waals surface area contributed by atoms with E-state index in [-0.39, 0.29) is 36.8 Å². The average molecular weight is 577 g/mol. The second-order valence-corrected chi connectivity index (χ2v) is 12.2. The van der Waals surface area contributed by atoms with Gasteiger partial charge in [0.2, 0.25) is 11.8 Å². The number of aliphatic hydroxyl groups is 2. The Kier molecular flexibility index (Phi) is 9.23. The smallest absolute Gasteiger partial charge is 0.234 e. The number of carbonyl (C=O) groups is 2. The summed E-state index contributed by atoms with van der Waals surface area (Å²) in [7, 11) is 0. The van der Waals surface area contributed by atoms with Gasteiger partial charge in [-0.15, -0.1) is 0 Å². The fraction of sp³-hybridized carbons (Fsp3) is 0.500. The molecule has 2 heterocycles. The van der Waals surface area contributed by atoms with Crippen molar-refractivity contribution in [2.75, 3.05) is 6.61 Å². The van der Waals surface area contributed by atoms with Gasteiger partial charge in [0.25, 0.3) is 0 Å². The lowest BCUT2D eigenvalue weighted by atomic mass is 9.66. The van der Waals surface area contributed by atoms with E-state index in [1.807, 2.05) is 26.0 Å². The van der Waals surface area contributed by atoms with Crippen molar-refractivity contribution in [3.8, 4) is 5.75 Å². The third-order valence-electron chi connectivity index (χ3n) is 9.34. The molecule has 0 bridgehead atoms. The summed E-state index contributed by atoms with van der Waals surface area (Å²) in [5.74, 6) is -3.24. The summed E-state index contributed by atoms with van der Waals surface area (Å²) in [4.78, 5) is 33.4. The number of rotatable bonds is 9. The number of aromatic hydroxyl groups is 1. The zero-order valence-electron chi connectivity index (χ0n) is 24.4. The number of imide groups is 1. The van der Waals surface area contributed by atoms with Crippen LogP contribution in [-0.2, 0) is 9.59 Å². The lowest BCUT2D eigenvalue weighted by molar-refractivity contribution is -0.143. The van der Waals surface area contributed by atoms with Crippen molar-refractivity contribution in [3.05, 3.63) is 70.8 Å². The number of aromatic nitrogens is 1. The van der Waals surface area contributed by atoms with Crippen molar-refractivity contribution in [1.82, 2.24) is 9.88 Å². The molecule has 1 saturated carbocycles. The molecule has 4 atom stereocenters. The molecule has 2 fully saturated rings. The minimum absolute atomic E-state index is 0.0297. The number of benzene rings is 1. The minimum atomic E-state index is -0.948. The summed E-state index contributed by atoms with van der Waals surface area (Å²) in [6, 6.07) is 9.59. The summed E-state index contributed by atoms with van der Waals surface area (Å²) in [6.45, 7) is 3.72. The quantitative estimate of drug-likeness (QED) is 0.268. The van der Waals surface area contributed by atoms with E-state index in [2.05, 4.69) is 4.98 Å². The number of likely N-dealkylation sites (tertiary alicyclic amines) is 1. The SMILES string of the molecule is CC(C)C1=C([C@H](O)CC/C(=C/c2ccc(O)c(F)c2)c2ccccn2)[C@H](CO)[C@@H]2C(=O)N(C3CCCCC3)C(=O)[C@@H]2C1. The van der Waals surface area contributed by atoms with Gasteiger partial charge in [-0.3, -0.25) is 19.5 Å². The van der Waals surface area contributed by atoms with Crippen LogP contribution < -0.4 is 0 Å². The number of carbonyl (C=O) groups excluding carboxylic acids is 2. The Labute approximate surface area is 246 Å². The van der Waals surface area contributed by atoms with Crippen LogP contribution in [0.4, 0.5) is 4.39 Å². The number of allylic oxidation sites excluding steroid dienone is 2. The normalized spacial score (nSPS) is 24.5. The number of halogens is 1. The third kappa shape index (κ3) is 5.92. The summed E-state index contributed by atoms with van der Waals surface area (Å²) in [6.07, 6.45) is 8.38. The summed E-state index contributed by atoms with van der Waals surface area (Å²) >= 11 is 0. The molecule has 0 radical (unpaired) electrons. The van der Waals surface area contributed by atoms with Crippen molar-refractivity contribution in [2.24, 2.45) is 23.7 Å². The molecule has 8 heteroatoms. The molecule has 1 aromatic carbocycles. The van der Waals surface area contributed by atoms with Crippen LogP contribution in [0.1, 0.15) is 76.5 Å². The van der Waals surface area contributed by atoms with E-state index in [9.17, 15) is 29.3 Å². The number of amides is 2. The van der Waals surface area contributed by atoms with E-state index in [1.165, 1.54) is 17.0 Å². The Morgan fingerprint density at radius 2 is 1.88 bits per heavy atom. The molecule has 3 aliphatic rings. The first kappa shape index (κ1) is 30.1. The second kappa shape index (κ2) is 12.9. The molecule has 2 aliphatic carbocycles. The van der Waals surface area contributed by atoms with Gasteiger partial charge in [-0.2, -0.15) is 0 Å². The van der Waals surface area contributed by atoms with E-state index in [0.717, 1.165) is 43.3 Å². The number of pyridine rings is 1. The second-order valence-electron chi connectivity index (χ2n) is 12.2. The van der Waals surface area contributed by atoms with Crippen LogP contribution in [0, 0.1) is 29.5 Å². The monoisotopic (exact) mass is 576 g/mol. The molecule has 5 rings (SSSR count). The molecular formula is C34H41FN2O5. The van der Waals surface area contributed by atoms with Crippen LogP contribution in [0.5, 0.6) is 5.75 Å². The maximum Gasteiger partial charge on any atom is 0.234 e. The van der Waals surface area contributed by atoms with Crippen LogP contribution in [0.15, 0.2) is 53.7 Å². The molecule has 2 amide bonds. The van der Waals surface area contributed by atoms with Crippen LogP contribution >= 0.6 is 0 Å². The average Bonchev–Trinajstić information content (AvgIpc) is 3.25. The van der Waals surface area contributed by atoms with Crippen LogP contribution in [0.3, 0.4) is 0 Å². The number of phenols is 1. The number of aliphatic hydroxyl groups excluding tert-OH is 2. The van der Waals surface area contributed by atoms with Crippen molar-refractivity contribution >= 4 is 23.5 Å². The van der Waals surface area contributed by atoms with Gasteiger partial charge in [0, 0.05) is 18.2 Å². The first-order valence-electron chi connectivity index (χ1n) is 15.2. The Balaban J connectivity index is 1.43. The third-order valence-corrected chi connectivity index (χ3v) is 9.34. The molecule has 0 spiro atoms. The molecule has 1 saturated heterocycles. The predicted octanol–water partition coefficient (Wildman–Crippen LogP) is 5.51. The number of phenolic OH excluding ortho intramolecular Hbond substituents is 1. The van der Waals surface area contributed by atoms with Gasteiger partial charge in [0.1, 0.15) is 0 Å². The summed E-state index contributed by atoms with van der Waals surface area (Å²) < 4.78 is 14.1. The van der Waals surface area contributed by atoms with E-state index >= 15 is 0 Å². The van der Waals surface area contributed by atoms with Gasteiger partial charge in [0.05, 0.1) is 30.2 Å². The van der Waals surface area contributed by atoms with Crippen LogP contribution in [-0.4, -0.2) is 55.8 Å². The molecule has 1 aromatic heterocycles. The molecule has 7 nitrogen and oxygen atoms in total. The van der Waals surface area contributed by atoms with Gasteiger partial charge >= 0.3 is 0 Å². The highest BCUT2D eigenvalue weighted by molar-refractivity contribution is 6.06. The van der Waals surface area contributed by atoms with Gasteiger partial charge < -0.3 is 15.3 Å². The topological polar surface area (TPSA) is 111 Å². The van der Waals surface area contributed by atoms with Gasteiger partial charge in [-0.25, -0.2) is 4.39 Å². The summed E-state index contributed by atoms with van der Waals surface area (Å²) in [5.41, 5.74) is 3.62. The van der Waals surface area contributed by atoms with E-state index in [0.29, 0.717) is 29.7 Å². The fourth-order valence-corrected chi connectivity index (χ4v) is 7.26. The van der Waals surface area contributed by atoms with E-state index in [4.69, 9.17) is 0 Å². The highest BCUT2D eigenvalue weighted by atomic mass is 19.1. The number of hydrogen-bond donors (Lipinski definition) is 3. The Hall–Kier alpha value is -3.36. The lowest BCUT2D eigenvalue weighted by Gasteiger charge is -2.38. The van der Waals surface area contributed by atoms with Crippen molar-refractivity contribution < 1.29 is 29.3 Å². The predicted molar refractivity (Wildman–Crippen MR) is 158 cm³/mol. The minimum Gasteiger partial charge on any atom is -0.505 e. The van der Waals surface area contributed by atoms with Crippen molar-refractivity contribution in [3.63, 3.8) is 0 Å². The number of nitrogens with zero attached hydrogens (tertiary/aromatic N) is 2. The highest BCUT2D eigenvalue weighted by Crippen LogP contribution is 2.49. The first-order chi connectivity index (χ1) is 20.2. The lowest BCUT2D eigenvalue weighted by Crippen LogP contribution is -2.42.